The quantitative estimate of drug-likeness (QED) is 0.735. The number of H-pyrrole nitrogens is 1. The predicted molar refractivity (Wildman–Crippen MR) is 69.9 cm³/mol. The highest BCUT2D eigenvalue weighted by atomic mass is 35.5. The van der Waals surface area contributed by atoms with Gasteiger partial charge in [0, 0.05) is 18.3 Å². The summed E-state index contributed by atoms with van der Waals surface area (Å²) in [4.78, 5) is 25.7. The van der Waals surface area contributed by atoms with E-state index < -0.39 is 0 Å². The largest absolute Gasteiger partial charge is 0.350 e. The van der Waals surface area contributed by atoms with Gasteiger partial charge in [-0.1, -0.05) is 0 Å². The number of hydrogen-bond donors (Lipinski definition) is 3. The van der Waals surface area contributed by atoms with Gasteiger partial charge in [-0.3, -0.25) is 9.59 Å². The lowest BCUT2D eigenvalue weighted by Gasteiger charge is -2.10. The molecule has 0 bridgehead atoms. The number of carbonyl (C=O) groups excluding carboxylic acids is 1. The summed E-state index contributed by atoms with van der Waals surface area (Å²) in [5.41, 5.74) is 0.536. The summed E-state index contributed by atoms with van der Waals surface area (Å²) in [6.45, 7) is 4.20. The SMILES string of the molecule is CNC(C)CNC(=O)c1ccc(C)[nH]c1=O.Cl. The Hall–Kier alpha value is -1.33. The van der Waals surface area contributed by atoms with E-state index in [0.29, 0.717) is 6.54 Å². The van der Waals surface area contributed by atoms with Crippen LogP contribution in [0.25, 0.3) is 0 Å². The van der Waals surface area contributed by atoms with Crippen molar-refractivity contribution < 1.29 is 4.79 Å². The highest BCUT2D eigenvalue weighted by molar-refractivity contribution is 5.93. The van der Waals surface area contributed by atoms with E-state index in [-0.39, 0.29) is 35.5 Å². The minimum atomic E-state index is -0.352. The van der Waals surface area contributed by atoms with Crippen molar-refractivity contribution in [2.75, 3.05) is 13.6 Å². The zero-order valence-electron chi connectivity index (χ0n) is 10.2. The van der Waals surface area contributed by atoms with Crippen LogP contribution in [0.2, 0.25) is 0 Å². The van der Waals surface area contributed by atoms with Crippen LogP contribution in [0.4, 0.5) is 0 Å². The van der Waals surface area contributed by atoms with E-state index >= 15 is 0 Å². The lowest BCUT2D eigenvalue weighted by atomic mass is 10.2. The molecule has 0 spiro atoms. The Morgan fingerprint density at radius 3 is 2.65 bits per heavy atom. The van der Waals surface area contributed by atoms with Gasteiger partial charge in [-0.25, -0.2) is 0 Å². The molecular weight excluding hydrogens is 242 g/mol. The summed E-state index contributed by atoms with van der Waals surface area (Å²) in [6.07, 6.45) is 0. The third kappa shape index (κ3) is 4.58. The summed E-state index contributed by atoms with van der Waals surface area (Å²) >= 11 is 0. The lowest BCUT2D eigenvalue weighted by molar-refractivity contribution is 0.0949. The molecule has 0 saturated heterocycles. The average Bonchev–Trinajstić information content (AvgIpc) is 2.25. The van der Waals surface area contributed by atoms with Crippen LogP contribution in [0.1, 0.15) is 23.0 Å². The first-order chi connectivity index (χ1) is 7.54. The molecule has 3 N–H and O–H groups in total. The summed E-state index contributed by atoms with van der Waals surface area (Å²) in [6, 6.07) is 3.42. The van der Waals surface area contributed by atoms with Gasteiger partial charge in [0.05, 0.1) is 0 Å². The van der Waals surface area contributed by atoms with Gasteiger partial charge in [-0.05, 0) is 33.0 Å². The van der Waals surface area contributed by atoms with E-state index in [1.54, 1.807) is 13.0 Å². The van der Waals surface area contributed by atoms with Gasteiger partial charge in [0.1, 0.15) is 5.56 Å². The molecule has 96 valence electrons. The molecule has 1 amide bonds. The topological polar surface area (TPSA) is 74.0 Å². The van der Waals surface area contributed by atoms with E-state index in [4.69, 9.17) is 0 Å². The van der Waals surface area contributed by atoms with Crippen molar-refractivity contribution in [3.05, 3.63) is 33.7 Å². The fraction of sp³-hybridized carbons (Fsp3) is 0.455. The summed E-state index contributed by atoms with van der Waals surface area (Å²) in [7, 11) is 1.81. The summed E-state index contributed by atoms with van der Waals surface area (Å²) < 4.78 is 0. The molecule has 1 aromatic heterocycles. The van der Waals surface area contributed by atoms with Crippen molar-refractivity contribution in [1.82, 2.24) is 15.6 Å². The van der Waals surface area contributed by atoms with Crippen molar-refractivity contribution >= 4 is 18.3 Å². The molecule has 1 aromatic rings. The van der Waals surface area contributed by atoms with Crippen LogP contribution in [0.5, 0.6) is 0 Å². The van der Waals surface area contributed by atoms with Crippen LogP contribution < -0.4 is 16.2 Å². The highest BCUT2D eigenvalue weighted by Gasteiger charge is 2.10. The predicted octanol–water partition coefficient (Wildman–Crippen LogP) is 0.443. The smallest absolute Gasteiger partial charge is 0.260 e. The Morgan fingerprint density at radius 1 is 1.47 bits per heavy atom. The monoisotopic (exact) mass is 259 g/mol. The number of pyridine rings is 1. The maximum absolute atomic E-state index is 11.6. The normalized spacial score (nSPS) is 11.5. The molecule has 0 radical (unpaired) electrons. The molecule has 0 aliphatic rings. The van der Waals surface area contributed by atoms with Crippen LogP contribution in [0.3, 0.4) is 0 Å². The zero-order chi connectivity index (χ0) is 12.1. The fourth-order valence-corrected chi connectivity index (χ4v) is 1.19. The highest BCUT2D eigenvalue weighted by Crippen LogP contribution is 1.93. The van der Waals surface area contributed by atoms with Crippen LogP contribution >= 0.6 is 12.4 Å². The maximum Gasteiger partial charge on any atom is 0.260 e. The number of aryl methyl sites for hydroxylation is 1. The number of aromatic nitrogens is 1. The van der Waals surface area contributed by atoms with E-state index in [0.717, 1.165) is 5.69 Å². The van der Waals surface area contributed by atoms with Gasteiger partial charge in [0.15, 0.2) is 0 Å². The number of likely N-dealkylation sites (N-methyl/N-ethyl adjacent to an activating group) is 1. The van der Waals surface area contributed by atoms with Gasteiger partial charge in [-0.2, -0.15) is 0 Å². The Bertz CT molecular complexity index is 431. The minimum Gasteiger partial charge on any atom is -0.350 e. The van der Waals surface area contributed by atoms with E-state index in [2.05, 4.69) is 15.6 Å². The van der Waals surface area contributed by atoms with Gasteiger partial charge < -0.3 is 15.6 Å². The molecule has 0 aromatic carbocycles. The van der Waals surface area contributed by atoms with Gasteiger partial charge in [0.2, 0.25) is 0 Å². The van der Waals surface area contributed by atoms with Crippen molar-refractivity contribution in [2.45, 2.75) is 19.9 Å². The van der Waals surface area contributed by atoms with Gasteiger partial charge >= 0.3 is 0 Å². The van der Waals surface area contributed by atoms with Crippen LogP contribution in [-0.2, 0) is 0 Å². The molecule has 17 heavy (non-hydrogen) atoms. The number of halogens is 1. The fourth-order valence-electron chi connectivity index (χ4n) is 1.19. The molecule has 1 rings (SSSR count). The molecule has 1 heterocycles. The van der Waals surface area contributed by atoms with E-state index in [1.165, 1.54) is 6.07 Å². The molecule has 0 aliphatic carbocycles. The van der Waals surface area contributed by atoms with Crippen LogP contribution in [-0.4, -0.2) is 30.5 Å². The van der Waals surface area contributed by atoms with Crippen molar-refractivity contribution in [3.63, 3.8) is 0 Å². The van der Waals surface area contributed by atoms with Crippen molar-refractivity contribution in [3.8, 4) is 0 Å². The molecule has 5 nitrogen and oxygen atoms in total. The standard InChI is InChI=1S/C11H17N3O2.ClH/c1-7-4-5-9(11(16)14-7)10(15)13-6-8(2)12-3;/h4-5,8,12H,6H2,1-3H3,(H,13,15)(H,14,16);1H. The number of amides is 1. The molecule has 1 unspecified atom stereocenters. The summed E-state index contributed by atoms with van der Waals surface area (Å²) in [5, 5.41) is 5.68. The third-order valence-corrected chi connectivity index (χ3v) is 2.36. The Kier molecular flexibility index (Phi) is 6.53. The maximum atomic E-state index is 11.6. The molecule has 1 atom stereocenters. The molecular formula is C11H18ClN3O2. The van der Waals surface area contributed by atoms with E-state index in [9.17, 15) is 9.59 Å². The number of nitrogens with one attached hydrogen (secondary N) is 3. The van der Waals surface area contributed by atoms with Gasteiger partial charge in [-0.15, -0.1) is 12.4 Å². The number of hydrogen-bond acceptors (Lipinski definition) is 3. The van der Waals surface area contributed by atoms with Crippen LogP contribution in [0.15, 0.2) is 16.9 Å². The first-order valence-electron chi connectivity index (χ1n) is 5.20. The Morgan fingerprint density at radius 2 is 2.12 bits per heavy atom. The lowest BCUT2D eigenvalue weighted by Crippen LogP contribution is -2.38. The Balaban J connectivity index is 0.00000256. The second-order valence-corrected chi connectivity index (χ2v) is 3.78. The van der Waals surface area contributed by atoms with Crippen molar-refractivity contribution in [1.29, 1.82) is 0 Å². The van der Waals surface area contributed by atoms with Crippen molar-refractivity contribution in [2.24, 2.45) is 0 Å². The molecule has 6 heteroatoms. The van der Waals surface area contributed by atoms with Crippen LogP contribution in [0, 0.1) is 6.92 Å². The first kappa shape index (κ1) is 15.7. The van der Waals surface area contributed by atoms with Gasteiger partial charge in [0.25, 0.3) is 11.5 Å². The summed E-state index contributed by atoms with van der Waals surface area (Å²) in [5.74, 6) is -0.344. The zero-order valence-corrected chi connectivity index (χ0v) is 11.0. The molecule has 0 aliphatic heterocycles. The second-order valence-electron chi connectivity index (χ2n) is 3.78. The second kappa shape index (κ2) is 7.09. The number of aromatic amines is 1. The number of rotatable bonds is 4. The number of carbonyl (C=O) groups is 1. The van der Waals surface area contributed by atoms with E-state index in [1.807, 2.05) is 14.0 Å². The Labute approximate surface area is 106 Å². The molecule has 0 fully saturated rings. The third-order valence-electron chi connectivity index (χ3n) is 2.36. The average molecular weight is 260 g/mol. The minimum absolute atomic E-state index is 0. The molecule has 0 saturated carbocycles. The first-order valence-corrected chi connectivity index (χ1v) is 5.20.